The van der Waals surface area contributed by atoms with Gasteiger partial charge in [0.05, 0.1) is 6.61 Å². The maximum Gasteiger partial charge on any atom is 0.328 e. The Morgan fingerprint density at radius 3 is 2.40 bits per heavy atom. The Labute approximate surface area is 117 Å². The average molecular weight is 277 g/mol. The lowest BCUT2D eigenvalue weighted by molar-refractivity contribution is -0.143. The topological polar surface area (TPSA) is 75.6 Å². The second kappa shape index (κ2) is 5.53. The van der Waals surface area contributed by atoms with Crippen LogP contribution in [0.4, 0.5) is 0 Å². The van der Waals surface area contributed by atoms with E-state index in [1.165, 1.54) is 26.7 Å². The van der Waals surface area contributed by atoms with E-state index >= 15 is 0 Å². The van der Waals surface area contributed by atoms with E-state index in [0.29, 0.717) is 11.5 Å². The smallest absolute Gasteiger partial charge is 0.328 e. The number of ether oxygens (including phenoxy) is 1. The first kappa shape index (κ1) is 14.4. The molecule has 5 heteroatoms. The van der Waals surface area contributed by atoms with Gasteiger partial charge in [0.15, 0.2) is 0 Å². The molecule has 0 spiro atoms. The van der Waals surface area contributed by atoms with Crippen LogP contribution >= 0.6 is 0 Å². The van der Waals surface area contributed by atoms with E-state index < -0.39 is 17.4 Å². The van der Waals surface area contributed by atoms with Gasteiger partial charge in [0.25, 0.3) is 5.91 Å². The Hall–Kier alpha value is -2.04. The molecule has 0 bridgehead atoms. The largest absolute Gasteiger partial charge is 0.493 e. The summed E-state index contributed by atoms with van der Waals surface area (Å²) in [5.41, 5.74) is -0.879. The van der Waals surface area contributed by atoms with Crippen LogP contribution in [0, 0.1) is 5.92 Å². The van der Waals surface area contributed by atoms with Gasteiger partial charge < -0.3 is 15.2 Å². The zero-order chi connectivity index (χ0) is 14.8. The van der Waals surface area contributed by atoms with E-state index in [9.17, 15) is 9.59 Å². The summed E-state index contributed by atoms with van der Waals surface area (Å²) < 4.78 is 5.58. The number of carboxylic acids is 1. The SMILES string of the molecule is CC(C)(NC(=O)c1ccc(OCC2CC2)cc1)C(=O)O. The van der Waals surface area contributed by atoms with Gasteiger partial charge in [-0.25, -0.2) is 4.79 Å². The molecule has 20 heavy (non-hydrogen) atoms. The minimum absolute atomic E-state index is 0.411. The highest BCUT2D eigenvalue weighted by Gasteiger charge is 2.29. The molecule has 0 radical (unpaired) electrons. The van der Waals surface area contributed by atoms with Gasteiger partial charge in [0.2, 0.25) is 0 Å². The van der Waals surface area contributed by atoms with Crippen LogP contribution in [0.1, 0.15) is 37.0 Å². The number of carbonyl (C=O) groups excluding carboxylic acids is 1. The first-order chi connectivity index (χ1) is 9.38. The molecule has 0 aromatic heterocycles. The number of hydrogen-bond acceptors (Lipinski definition) is 3. The quantitative estimate of drug-likeness (QED) is 0.834. The standard InChI is InChI=1S/C15H19NO4/c1-15(2,14(18)19)16-13(17)11-5-7-12(8-6-11)20-9-10-3-4-10/h5-8,10H,3-4,9H2,1-2H3,(H,16,17)(H,18,19). The summed E-state index contributed by atoms with van der Waals surface area (Å²) in [5, 5.41) is 11.4. The van der Waals surface area contributed by atoms with Crippen molar-refractivity contribution < 1.29 is 19.4 Å². The van der Waals surface area contributed by atoms with E-state index in [0.717, 1.165) is 12.4 Å². The molecule has 0 saturated heterocycles. The molecule has 1 fully saturated rings. The maximum absolute atomic E-state index is 11.9. The highest BCUT2D eigenvalue weighted by atomic mass is 16.5. The summed E-state index contributed by atoms with van der Waals surface area (Å²) in [6, 6.07) is 6.72. The number of aliphatic carboxylic acids is 1. The van der Waals surface area contributed by atoms with Crippen molar-refractivity contribution in [3.63, 3.8) is 0 Å². The predicted molar refractivity (Wildman–Crippen MR) is 73.8 cm³/mol. The number of amides is 1. The van der Waals surface area contributed by atoms with E-state index in [1.807, 2.05) is 0 Å². The molecule has 0 aliphatic heterocycles. The van der Waals surface area contributed by atoms with Gasteiger partial charge in [-0.3, -0.25) is 4.79 Å². The molecule has 5 nitrogen and oxygen atoms in total. The first-order valence-electron chi connectivity index (χ1n) is 6.67. The van der Waals surface area contributed by atoms with Crippen LogP contribution in [0.15, 0.2) is 24.3 Å². The third kappa shape index (κ3) is 3.73. The average Bonchev–Trinajstić information content (AvgIpc) is 3.20. The number of hydrogen-bond donors (Lipinski definition) is 2. The fraction of sp³-hybridized carbons (Fsp3) is 0.467. The molecular weight excluding hydrogens is 258 g/mol. The monoisotopic (exact) mass is 277 g/mol. The summed E-state index contributed by atoms with van der Waals surface area (Å²) in [6.45, 7) is 3.61. The second-order valence-corrected chi connectivity index (χ2v) is 5.66. The molecule has 1 aromatic carbocycles. The van der Waals surface area contributed by atoms with Crippen molar-refractivity contribution in [2.24, 2.45) is 5.92 Å². The summed E-state index contributed by atoms with van der Waals surface area (Å²) in [6.07, 6.45) is 2.45. The molecule has 0 atom stereocenters. The fourth-order valence-electron chi connectivity index (χ4n) is 1.61. The van der Waals surface area contributed by atoms with Crippen molar-refractivity contribution in [1.82, 2.24) is 5.32 Å². The molecular formula is C15H19NO4. The molecule has 1 amide bonds. The lowest BCUT2D eigenvalue weighted by Gasteiger charge is -2.21. The van der Waals surface area contributed by atoms with Crippen molar-refractivity contribution in [2.75, 3.05) is 6.61 Å². The van der Waals surface area contributed by atoms with Crippen LogP contribution < -0.4 is 10.1 Å². The van der Waals surface area contributed by atoms with Gasteiger partial charge >= 0.3 is 5.97 Å². The number of carbonyl (C=O) groups is 2. The molecule has 0 unspecified atom stereocenters. The molecule has 1 aliphatic carbocycles. The second-order valence-electron chi connectivity index (χ2n) is 5.66. The van der Waals surface area contributed by atoms with Crippen LogP contribution in [0.5, 0.6) is 5.75 Å². The van der Waals surface area contributed by atoms with Crippen molar-refractivity contribution in [1.29, 1.82) is 0 Å². The zero-order valence-electron chi connectivity index (χ0n) is 11.7. The Morgan fingerprint density at radius 1 is 1.30 bits per heavy atom. The Balaban J connectivity index is 1.94. The van der Waals surface area contributed by atoms with Crippen LogP contribution in [-0.4, -0.2) is 29.1 Å². The van der Waals surface area contributed by atoms with E-state index in [2.05, 4.69) is 5.32 Å². The van der Waals surface area contributed by atoms with Crippen molar-refractivity contribution in [2.45, 2.75) is 32.2 Å². The van der Waals surface area contributed by atoms with Crippen molar-refractivity contribution >= 4 is 11.9 Å². The van der Waals surface area contributed by atoms with Crippen molar-refractivity contribution in [3.8, 4) is 5.75 Å². The predicted octanol–water partition coefficient (Wildman–Crippen LogP) is 2.07. The molecule has 1 saturated carbocycles. The van der Waals surface area contributed by atoms with Crippen LogP contribution in [0.3, 0.4) is 0 Å². The molecule has 2 rings (SSSR count). The third-order valence-electron chi connectivity index (χ3n) is 3.26. The lowest BCUT2D eigenvalue weighted by Crippen LogP contribution is -2.49. The Bertz CT molecular complexity index is 503. The number of carboxylic acid groups (broad SMARTS) is 1. The van der Waals surface area contributed by atoms with Gasteiger partial charge in [-0.05, 0) is 56.9 Å². The van der Waals surface area contributed by atoms with Gasteiger partial charge in [-0.15, -0.1) is 0 Å². The van der Waals surface area contributed by atoms with Gasteiger partial charge in [0.1, 0.15) is 11.3 Å². The summed E-state index contributed by atoms with van der Waals surface area (Å²) >= 11 is 0. The van der Waals surface area contributed by atoms with E-state index in [1.54, 1.807) is 24.3 Å². The maximum atomic E-state index is 11.9. The number of rotatable bonds is 6. The Kier molecular flexibility index (Phi) is 3.97. The number of nitrogens with one attached hydrogen (secondary N) is 1. The first-order valence-corrected chi connectivity index (χ1v) is 6.67. The fourth-order valence-corrected chi connectivity index (χ4v) is 1.61. The highest BCUT2D eigenvalue weighted by Crippen LogP contribution is 2.29. The Morgan fingerprint density at radius 2 is 1.90 bits per heavy atom. The van der Waals surface area contributed by atoms with Crippen LogP contribution in [0.25, 0.3) is 0 Å². The van der Waals surface area contributed by atoms with Gasteiger partial charge in [-0.1, -0.05) is 0 Å². The van der Waals surface area contributed by atoms with E-state index in [-0.39, 0.29) is 0 Å². The minimum Gasteiger partial charge on any atom is -0.493 e. The lowest BCUT2D eigenvalue weighted by atomic mass is 10.1. The summed E-state index contributed by atoms with van der Waals surface area (Å²) in [4.78, 5) is 22.9. The molecule has 1 aromatic rings. The van der Waals surface area contributed by atoms with Gasteiger partial charge in [-0.2, -0.15) is 0 Å². The van der Waals surface area contributed by atoms with Gasteiger partial charge in [0, 0.05) is 5.56 Å². The zero-order valence-corrected chi connectivity index (χ0v) is 11.7. The molecule has 0 heterocycles. The van der Waals surface area contributed by atoms with Crippen molar-refractivity contribution in [3.05, 3.63) is 29.8 Å². The summed E-state index contributed by atoms with van der Waals surface area (Å²) in [7, 11) is 0. The third-order valence-corrected chi connectivity index (χ3v) is 3.26. The highest BCUT2D eigenvalue weighted by molar-refractivity contribution is 5.97. The molecule has 108 valence electrons. The minimum atomic E-state index is -1.29. The van der Waals surface area contributed by atoms with E-state index in [4.69, 9.17) is 9.84 Å². The van der Waals surface area contributed by atoms with Crippen LogP contribution in [-0.2, 0) is 4.79 Å². The molecule has 2 N–H and O–H groups in total. The number of benzene rings is 1. The molecule has 1 aliphatic rings. The van der Waals surface area contributed by atoms with Crippen LogP contribution in [0.2, 0.25) is 0 Å². The summed E-state index contributed by atoms with van der Waals surface area (Å²) in [5.74, 6) is -0.0818. The normalized spacial score (nSPS) is 14.7.